The van der Waals surface area contributed by atoms with Crippen molar-refractivity contribution >= 4 is 0 Å². The number of quaternary nitrogens is 1. The van der Waals surface area contributed by atoms with Gasteiger partial charge in [0.1, 0.15) is 12.3 Å². The highest BCUT2D eigenvalue weighted by molar-refractivity contribution is 5.49. The van der Waals surface area contributed by atoms with Gasteiger partial charge >= 0.3 is 0 Å². The lowest BCUT2D eigenvalue weighted by Gasteiger charge is -2.24. The molecule has 86 valence electrons. The van der Waals surface area contributed by atoms with Gasteiger partial charge in [-0.1, -0.05) is 0 Å². The summed E-state index contributed by atoms with van der Waals surface area (Å²) in [6, 6.07) is 2.58. The predicted molar refractivity (Wildman–Crippen MR) is 53.2 cm³/mol. The van der Waals surface area contributed by atoms with Gasteiger partial charge in [-0.3, -0.25) is 0 Å². The Labute approximate surface area is 99.8 Å². The highest BCUT2D eigenvalue weighted by Crippen LogP contribution is 2.34. The molecule has 4 nitrogen and oxygen atoms in total. The smallest absolute Gasteiger partial charge is 0.166 e. The molecule has 0 amide bonds. The maximum absolute atomic E-state index is 9.51. The Balaban J connectivity index is 0.00000196. The summed E-state index contributed by atoms with van der Waals surface area (Å²) in [5, 5.41) is 28.0. The molecule has 3 N–H and O–H groups in total. The minimum atomic E-state index is -0.284. The standard InChI is InChI=1S/C10H15NO3.BrH/c1-11(2,3)6-7-4-8(12)5-9(13)10(7)14;/h4-5H,6H2,1-3H3,(H2-,12,13,14);1H. The molecule has 0 saturated heterocycles. The van der Waals surface area contributed by atoms with E-state index in [-0.39, 0.29) is 34.2 Å². The zero-order valence-corrected chi connectivity index (χ0v) is 10.6. The first-order valence-electron chi connectivity index (χ1n) is 4.34. The minimum absolute atomic E-state index is 0. The van der Waals surface area contributed by atoms with Gasteiger partial charge in [0, 0.05) is 6.07 Å². The quantitative estimate of drug-likeness (QED) is 0.334. The molecule has 15 heavy (non-hydrogen) atoms. The summed E-state index contributed by atoms with van der Waals surface area (Å²) < 4.78 is 0.608. The second-order valence-electron chi connectivity index (χ2n) is 4.42. The molecule has 0 aliphatic rings. The van der Waals surface area contributed by atoms with E-state index in [0.29, 0.717) is 16.6 Å². The third kappa shape index (κ3) is 3.97. The Hall–Kier alpha value is -0.940. The second-order valence-corrected chi connectivity index (χ2v) is 4.42. The van der Waals surface area contributed by atoms with Crippen molar-refractivity contribution in [3.05, 3.63) is 17.7 Å². The third-order valence-electron chi connectivity index (χ3n) is 1.80. The maximum atomic E-state index is 9.51. The number of hydrogen-bond donors (Lipinski definition) is 3. The molecule has 0 unspecified atom stereocenters. The van der Waals surface area contributed by atoms with Crippen LogP contribution in [0.25, 0.3) is 0 Å². The van der Waals surface area contributed by atoms with Gasteiger partial charge in [-0.15, -0.1) is 0 Å². The molecule has 0 radical (unpaired) electrons. The number of nitrogens with zero attached hydrogens (tertiary/aromatic N) is 1. The summed E-state index contributed by atoms with van der Waals surface area (Å²) in [4.78, 5) is 0. The van der Waals surface area contributed by atoms with Gasteiger partial charge in [-0.2, -0.15) is 0 Å². The first-order chi connectivity index (χ1) is 6.29. The van der Waals surface area contributed by atoms with E-state index in [1.807, 2.05) is 21.1 Å². The molecular weight excluding hydrogens is 262 g/mol. The van der Waals surface area contributed by atoms with Crippen molar-refractivity contribution < 1.29 is 36.8 Å². The van der Waals surface area contributed by atoms with Crippen molar-refractivity contribution in [2.75, 3.05) is 21.1 Å². The van der Waals surface area contributed by atoms with Gasteiger partial charge in [-0.05, 0) is 6.07 Å². The van der Waals surface area contributed by atoms with Crippen LogP contribution in [0.4, 0.5) is 0 Å². The SMILES string of the molecule is C[N+](C)(C)Cc1cc(O)cc(O)c1O.[Br-]. The maximum Gasteiger partial charge on any atom is 0.166 e. The van der Waals surface area contributed by atoms with Crippen LogP contribution in [-0.2, 0) is 6.54 Å². The average Bonchev–Trinajstić information content (AvgIpc) is 1.96. The van der Waals surface area contributed by atoms with Crippen molar-refractivity contribution in [1.82, 2.24) is 0 Å². The normalized spacial score (nSPS) is 10.9. The lowest BCUT2D eigenvalue weighted by atomic mass is 10.1. The van der Waals surface area contributed by atoms with Crippen LogP contribution in [0.15, 0.2) is 12.1 Å². The summed E-state index contributed by atoms with van der Waals surface area (Å²) in [5.41, 5.74) is 0.537. The van der Waals surface area contributed by atoms with Gasteiger partial charge in [0.15, 0.2) is 11.5 Å². The zero-order valence-electron chi connectivity index (χ0n) is 9.03. The number of phenols is 3. The summed E-state index contributed by atoms with van der Waals surface area (Å²) in [6.45, 7) is 0.536. The topological polar surface area (TPSA) is 60.7 Å². The Morgan fingerprint density at radius 2 is 1.60 bits per heavy atom. The van der Waals surface area contributed by atoms with E-state index in [2.05, 4.69) is 0 Å². The fourth-order valence-electron chi connectivity index (χ4n) is 1.29. The Bertz CT molecular complexity index is 347. The number of phenolic OH excluding ortho intramolecular Hbond substituents is 3. The molecule has 1 aromatic carbocycles. The highest BCUT2D eigenvalue weighted by Gasteiger charge is 2.15. The van der Waals surface area contributed by atoms with E-state index < -0.39 is 0 Å². The number of aromatic hydroxyl groups is 3. The summed E-state index contributed by atoms with van der Waals surface area (Å²) in [5.74, 6) is -0.479. The predicted octanol–water partition coefficient (Wildman–Crippen LogP) is -1.99. The molecule has 0 bridgehead atoms. The fourth-order valence-corrected chi connectivity index (χ4v) is 1.29. The molecule has 0 aliphatic heterocycles. The fraction of sp³-hybridized carbons (Fsp3) is 0.400. The molecule has 0 atom stereocenters. The van der Waals surface area contributed by atoms with E-state index in [1.54, 1.807) is 0 Å². The van der Waals surface area contributed by atoms with E-state index in [9.17, 15) is 15.3 Å². The highest BCUT2D eigenvalue weighted by atomic mass is 79.9. The summed E-state index contributed by atoms with van der Waals surface area (Å²) >= 11 is 0. The van der Waals surface area contributed by atoms with Crippen LogP contribution in [0.3, 0.4) is 0 Å². The Morgan fingerprint density at radius 3 is 2.07 bits per heavy atom. The largest absolute Gasteiger partial charge is 1.00 e. The van der Waals surface area contributed by atoms with Gasteiger partial charge in [0.25, 0.3) is 0 Å². The Morgan fingerprint density at radius 1 is 1.07 bits per heavy atom. The molecule has 0 spiro atoms. The molecular formula is C10H16BrNO3. The van der Waals surface area contributed by atoms with Crippen LogP contribution < -0.4 is 17.0 Å². The lowest BCUT2D eigenvalue weighted by molar-refractivity contribution is -0.884. The van der Waals surface area contributed by atoms with Gasteiger partial charge in [0.2, 0.25) is 0 Å². The van der Waals surface area contributed by atoms with Crippen molar-refractivity contribution in [1.29, 1.82) is 0 Å². The molecule has 5 heteroatoms. The molecule has 0 aromatic heterocycles. The van der Waals surface area contributed by atoms with E-state index in [0.717, 1.165) is 6.07 Å². The third-order valence-corrected chi connectivity index (χ3v) is 1.80. The Kier molecular flexibility index (Phi) is 4.42. The molecule has 1 rings (SSSR count). The van der Waals surface area contributed by atoms with Crippen LogP contribution in [0.5, 0.6) is 17.2 Å². The van der Waals surface area contributed by atoms with Gasteiger partial charge < -0.3 is 36.8 Å². The minimum Gasteiger partial charge on any atom is -1.00 e. The summed E-state index contributed by atoms with van der Waals surface area (Å²) in [7, 11) is 5.88. The monoisotopic (exact) mass is 277 g/mol. The number of benzene rings is 1. The van der Waals surface area contributed by atoms with Crippen LogP contribution in [0, 0.1) is 0 Å². The molecule has 0 fully saturated rings. The van der Waals surface area contributed by atoms with E-state index >= 15 is 0 Å². The van der Waals surface area contributed by atoms with Crippen molar-refractivity contribution in [3.8, 4) is 17.2 Å². The van der Waals surface area contributed by atoms with Gasteiger partial charge in [0.05, 0.1) is 26.7 Å². The van der Waals surface area contributed by atoms with Crippen LogP contribution >= 0.6 is 0 Å². The van der Waals surface area contributed by atoms with Crippen molar-refractivity contribution in [2.45, 2.75) is 6.54 Å². The average molecular weight is 278 g/mol. The first kappa shape index (κ1) is 14.1. The van der Waals surface area contributed by atoms with Crippen LogP contribution in [0.1, 0.15) is 5.56 Å². The lowest BCUT2D eigenvalue weighted by Crippen LogP contribution is -3.00. The van der Waals surface area contributed by atoms with Crippen molar-refractivity contribution in [3.63, 3.8) is 0 Å². The zero-order chi connectivity index (χ0) is 10.9. The number of halogens is 1. The van der Waals surface area contributed by atoms with Crippen LogP contribution in [0.2, 0.25) is 0 Å². The van der Waals surface area contributed by atoms with Gasteiger partial charge in [-0.25, -0.2) is 0 Å². The van der Waals surface area contributed by atoms with E-state index in [4.69, 9.17) is 0 Å². The number of hydrogen-bond acceptors (Lipinski definition) is 3. The first-order valence-corrected chi connectivity index (χ1v) is 4.34. The number of rotatable bonds is 2. The molecule has 1 aromatic rings. The molecule has 0 heterocycles. The summed E-state index contributed by atoms with van der Waals surface area (Å²) in [6.07, 6.45) is 0. The van der Waals surface area contributed by atoms with Crippen molar-refractivity contribution in [2.24, 2.45) is 0 Å². The van der Waals surface area contributed by atoms with E-state index in [1.165, 1.54) is 6.07 Å². The van der Waals surface area contributed by atoms with Crippen LogP contribution in [-0.4, -0.2) is 40.9 Å². The molecule has 0 aliphatic carbocycles. The second kappa shape index (κ2) is 4.72. The molecule has 0 saturated carbocycles.